The van der Waals surface area contributed by atoms with Crippen molar-refractivity contribution < 1.29 is 18.8 Å². The van der Waals surface area contributed by atoms with Gasteiger partial charge in [-0.25, -0.2) is 0 Å². The molecule has 0 spiro atoms. The van der Waals surface area contributed by atoms with E-state index >= 15 is 0 Å². The molecule has 0 aliphatic heterocycles. The Morgan fingerprint density at radius 2 is 1.95 bits per heavy atom. The van der Waals surface area contributed by atoms with Crippen LogP contribution in [-0.2, 0) is 15.6 Å². The number of ether oxygens (including phenoxy) is 1. The SMILES string of the molecule is CC(C)C(C(=O)O)S(=O)CCCOc1ccccc1. The lowest BCUT2D eigenvalue weighted by Crippen LogP contribution is -2.32. The maximum absolute atomic E-state index is 11.9. The fourth-order valence-electron chi connectivity index (χ4n) is 1.74. The standard InChI is InChI=1S/C14H20O4S/c1-11(2)13(14(15)16)19(17)10-6-9-18-12-7-4-3-5-8-12/h3-5,7-8,11,13H,6,9-10H2,1-2H3,(H,15,16). The van der Waals surface area contributed by atoms with Crippen LogP contribution in [0.1, 0.15) is 20.3 Å². The molecule has 5 heteroatoms. The van der Waals surface area contributed by atoms with Gasteiger partial charge in [-0.1, -0.05) is 32.0 Å². The van der Waals surface area contributed by atoms with Crippen LogP contribution in [0.2, 0.25) is 0 Å². The van der Waals surface area contributed by atoms with Crippen LogP contribution in [0.5, 0.6) is 5.75 Å². The lowest BCUT2D eigenvalue weighted by atomic mass is 10.1. The Bertz CT molecular complexity index is 417. The van der Waals surface area contributed by atoms with E-state index in [4.69, 9.17) is 9.84 Å². The van der Waals surface area contributed by atoms with Crippen molar-refractivity contribution in [2.24, 2.45) is 5.92 Å². The number of benzene rings is 1. The largest absolute Gasteiger partial charge is 0.494 e. The summed E-state index contributed by atoms with van der Waals surface area (Å²) in [7, 11) is -1.36. The molecule has 0 saturated heterocycles. The van der Waals surface area contributed by atoms with Crippen LogP contribution in [0.3, 0.4) is 0 Å². The van der Waals surface area contributed by atoms with Gasteiger partial charge in [0.25, 0.3) is 0 Å². The quantitative estimate of drug-likeness (QED) is 0.744. The smallest absolute Gasteiger partial charge is 0.319 e. The van der Waals surface area contributed by atoms with Crippen LogP contribution in [0.25, 0.3) is 0 Å². The molecular weight excluding hydrogens is 264 g/mol. The van der Waals surface area contributed by atoms with Crippen LogP contribution in [0, 0.1) is 5.92 Å². The van der Waals surface area contributed by atoms with Gasteiger partial charge in [-0.15, -0.1) is 0 Å². The molecule has 4 nitrogen and oxygen atoms in total. The molecule has 1 rings (SSSR count). The maximum Gasteiger partial charge on any atom is 0.319 e. The van der Waals surface area contributed by atoms with Crippen molar-refractivity contribution in [3.05, 3.63) is 30.3 Å². The van der Waals surface area contributed by atoms with E-state index in [9.17, 15) is 9.00 Å². The molecule has 0 radical (unpaired) electrons. The van der Waals surface area contributed by atoms with Gasteiger partial charge in [0.2, 0.25) is 0 Å². The minimum Gasteiger partial charge on any atom is -0.494 e. The second-order valence-electron chi connectivity index (χ2n) is 4.60. The predicted molar refractivity (Wildman–Crippen MR) is 75.8 cm³/mol. The van der Waals surface area contributed by atoms with Gasteiger partial charge in [-0.2, -0.15) is 0 Å². The number of aliphatic carboxylic acids is 1. The summed E-state index contributed by atoms with van der Waals surface area (Å²) in [5.41, 5.74) is 0. The molecule has 1 aromatic carbocycles. The summed E-state index contributed by atoms with van der Waals surface area (Å²) >= 11 is 0. The first kappa shape index (κ1) is 15.7. The van der Waals surface area contributed by atoms with E-state index in [2.05, 4.69) is 0 Å². The second-order valence-corrected chi connectivity index (χ2v) is 6.28. The summed E-state index contributed by atoms with van der Waals surface area (Å²) < 4.78 is 17.4. The zero-order chi connectivity index (χ0) is 14.3. The number of carbonyl (C=O) groups is 1. The molecular formula is C14H20O4S. The average Bonchev–Trinajstić information content (AvgIpc) is 2.35. The molecule has 0 aliphatic rings. The molecule has 0 fully saturated rings. The van der Waals surface area contributed by atoms with E-state index in [0.29, 0.717) is 18.8 Å². The van der Waals surface area contributed by atoms with E-state index in [-0.39, 0.29) is 5.92 Å². The zero-order valence-corrected chi connectivity index (χ0v) is 12.1. The molecule has 2 unspecified atom stereocenters. The van der Waals surface area contributed by atoms with Crippen molar-refractivity contribution in [3.63, 3.8) is 0 Å². The third kappa shape index (κ3) is 5.42. The Morgan fingerprint density at radius 1 is 1.32 bits per heavy atom. The van der Waals surface area contributed by atoms with Gasteiger partial charge >= 0.3 is 5.97 Å². The summed E-state index contributed by atoms with van der Waals surface area (Å²) in [5.74, 6) is -0.000246. The third-order valence-electron chi connectivity index (χ3n) is 2.63. The van der Waals surface area contributed by atoms with Crippen molar-refractivity contribution in [3.8, 4) is 5.75 Å². The summed E-state index contributed by atoms with van der Waals surface area (Å²) in [6.07, 6.45) is 0.581. The lowest BCUT2D eigenvalue weighted by Gasteiger charge is -2.15. The molecule has 1 aromatic rings. The summed E-state index contributed by atoms with van der Waals surface area (Å²) in [5, 5.41) is 8.23. The highest BCUT2D eigenvalue weighted by molar-refractivity contribution is 7.86. The first-order valence-electron chi connectivity index (χ1n) is 6.30. The molecule has 0 amide bonds. The first-order valence-corrected chi connectivity index (χ1v) is 7.68. The number of hydrogen-bond acceptors (Lipinski definition) is 3. The third-order valence-corrected chi connectivity index (χ3v) is 4.64. The van der Waals surface area contributed by atoms with Crippen LogP contribution in [0.15, 0.2) is 30.3 Å². The fraction of sp³-hybridized carbons (Fsp3) is 0.500. The monoisotopic (exact) mass is 284 g/mol. The highest BCUT2D eigenvalue weighted by Crippen LogP contribution is 2.12. The van der Waals surface area contributed by atoms with Gasteiger partial charge in [0.15, 0.2) is 0 Å². The van der Waals surface area contributed by atoms with Gasteiger partial charge in [0.1, 0.15) is 11.0 Å². The van der Waals surface area contributed by atoms with Crippen molar-refractivity contribution in [1.82, 2.24) is 0 Å². The van der Waals surface area contributed by atoms with Gasteiger partial charge < -0.3 is 9.84 Å². The summed E-state index contributed by atoms with van der Waals surface area (Å²) in [6.45, 7) is 3.99. The van der Waals surface area contributed by atoms with Crippen LogP contribution < -0.4 is 4.74 Å². The molecule has 0 heterocycles. The van der Waals surface area contributed by atoms with Gasteiger partial charge in [0, 0.05) is 16.6 Å². The minimum atomic E-state index is -1.36. The average molecular weight is 284 g/mol. The first-order chi connectivity index (χ1) is 9.02. The number of hydrogen-bond donors (Lipinski definition) is 1. The topological polar surface area (TPSA) is 63.6 Å². The molecule has 0 bridgehead atoms. The summed E-state index contributed by atoms with van der Waals surface area (Å²) in [6, 6.07) is 9.37. The number of para-hydroxylation sites is 1. The van der Waals surface area contributed by atoms with Crippen LogP contribution in [-0.4, -0.2) is 32.9 Å². The van der Waals surface area contributed by atoms with Crippen molar-refractivity contribution >= 4 is 16.8 Å². The Hall–Kier alpha value is -1.36. The predicted octanol–water partition coefficient (Wildman–Crippen LogP) is 2.31. The highest BCUT2D eigenvalue weighted by Gasteiger charge is 2.27. The highest BCUT2D eigenvalue weighted by atomic mass is 32.2. The Balaban J connectivity index is 2.32. The number of rotatable bonds is 8. The van der Waals surface area contributed by atoms with Crippen molar-refractivity contribution in [1.29, 1.82) is 0 Å². The van der Waals surface area contributed by atoms with E-state index in [1.54, 1.807) is 13.8 Å². The summed E-state index contributed by atoms with van der Waals surface area (Å²) in [4.78, 5) is 11.0. The van der Waals surface area contributed by atoms with E-state index in [1.807, 2.05) is 30.3 Å². The van der Waals surface area contributed by atoms with Gasteiger partial charge in [0.05, 0.1) is 6.61 Å². The number of carboxylic acids is 1. The molecule has 0 aromatic heterocycles. The van der Waals surface area contributed by atoms with E-state index < -0.39 is 22.0 Å². The lowest BCUT2D eigenvalue weighted by molar-refractivity contribution is -0.137. The fourth-order valence-corrected chi connectivity index (χ4v) is 3.22. The second kappa shape index (κ2) is 7.94. The molecule has 2 atom stereocenters. The van der Waals surface area contributed by atoms with E-state index in [0.717, 1.165) is 5.75 Å². The van der Waals surface area contributed by atoms with Crippen LogP contribution >= 0.6 is 0 Å². The zero-order valence-electron chi connectivity index (χ0n) is 11.2. The molecule has 19 heavy (non-hydrogen) atoms. The molecule has 0 saturated carbocycles. The van der Waals surface area contributed by atoms with Gasteiger partial charge in [-0.05, 0) is 24.5 Å². The molecule has 0 aliphatic carbocycles. The minimum absolute atomic E-state index is 0.131. The normalized spacial score (nSPS) is 14.1. The van der Waals surface area contributed by atoms with E-state index in [1.165, 1.54) is 0 Å². The van der Waals surface area contributed by atoms with Crippen molar-refractivity contribution in [2.75, 3.05) is 12.4 Å². The van der Waals surface area contributed by atoms with Gasteiger partial charge in [-0.3, -0.25) is 9.00 Å². The molecule has 1 N–H and O–H groups in total. The Kier molecular flexibility index (Phi) is 6.56. The maximum atomic E-state index is 11.9. The Morgan fingerprint density at radius 3 is 2.47 bits per heavy atom. The van der Waals surface area contributed by atoms with Crippen molar-refractivity contribution in [2.45, 2.75) is 25.5 Å². The molecule has 106 valence electrons. The Labute approximate surface area is 116 Å². The van der Waals surface area contributed by atoms with Crippen LogP contribution in [0.4, 0.5) is 0 Å². The number of carboxylic acid groups (broad SMARTS) is 1.